The van der Waals surface area contributed by atoms with Gasteiger partial charge in [-0.05, 0) is 19.4 Å². The van der Waals surface area contributed by atoms with Crippen LogP contribution < -0.4 is 5.73 Å². The summed E-state index contributed by atoms with van der Waals surface area (Å²) < 4.78 is 0. The Hall–Kier alpha value is -1.36. The Morgan fingerprint density at radius 1 is 1.40 bits per heavy atom. The highest BCUT2D eigenvalue weighted by molar-refractivity contribution is 7.16. The summed E-state index contributed by atoms with van der Waals surface area (Å²) in [4.78, 5) is 5.62. The number of aryl methyl sites for hydroxylation is 2. The summed E-state index contributed by atoms with van der Waals surface area (Å²) in [6, 6.07) is 0. The van der Waals surface area contributed by atoms with Crippen molar-refractivity contribution in [3.63, 3.8) is 0 Å². The molecular weight excluding hydrogens is 208 g/mol. The summed E-state index contributed by atoms with van der Waals surface area (Å²) in [7, 11) is 0. The van der Waals surface area contributed by atoms with E-state index in [1.54, 1.807) is 11.3 Å². The maximum absolute atomic E-state index is 5.95. The van der Waals surface area contributed by atoms with E-state index in [0.29, 0.717) is 5.82 Å². The molecule has 80 valence electrons. The molecule has 2 aromatic rings. The van der Waals surface area contributed by atoms with E-state index in [1.165, 1.54) is 10.4 Å². The molecule has 0 aliphatic rings. The molecule has 0 aromatic carbocycles. The molecule has 2 aromatic heterocycles. The number of rotatable bonds is 2. The topological polar surface area (TPSA) is 67.6 Å². The first kappa shape index (κ1) is 10.2. The number of nitrogens with two attached hydrogens (primary N) is 1. The zero-order valence-corrected chi connectivity index (χ0v) is 9.90. The van der Waals surface area contributed by atoms with Crippen LogP contribution >= 0.6 is 11.3 Å². The third-order valence-electron chi connectivity index (χ3n) is 2.50. The number of H-pyrrole nitrogens is 1. The van der Waals surface area contributed by atoms with Crippen molar-refractivity contribution in [1.29, 1.82) is 0 Å². The average Bonchev–Trinajstić information content (AvgIpc) is 2.74. The van der Waals surface area contributed by atoms with Gasteiger partial charge in [-0.25, -0.2) is 4.98 Å². The smallest absolute Gasteiger partial charge is 0.184 e. The number of nitrogen functional groups attached to an aromatic ring is 1. The summed E-state index contributed by atoms with van der Waals surface area (Å²) in [5.74, 6) is 1.61. The van der Waals surface area contributed by atoms with Gasteiger partial charge in [0.25, 0.3) is 0 Å². The van der Waals surface area contributed by atoms with Crippen LogP contribution in [0.5, 0.6) is 0 Å². The van der Waals surface area contributed by atoms with Crippen LogP contribution in [0, 0.1) is 13.8 Å². The third kappa shape index (κ3) is 1.63. The second-order valence-corrected chi connectivity index (χ2v) is 4.74. The van der Waals surface area contributed by atoms with Gasteiger partial charge in [-0.3, -0.25) is 5.10 Å². The summed E-state index contributed by atoms with van der Waals surface area (Å²) in [6.45, 7) is 6.16. The standard InChI is InChI=1S/C10H14N4S/c1-4-7-12-10(14-13-7)8-5(2)6(3)15-9(8)11/h4,11H2,1-3H3,(H,12,13,14). The van der Waals surface area contributed by atoms with Gasteiger partial charge in [0.1, 0.15) is 5.82 Å². The van der Waals surface area contributed by atoms with Crippen molar-refractivity contribution in [2.75, 3.05) is 5.73 Å². The molecule has 15 heavy (non-hydrogen) atoms. The molecule has 5 heteroatoms. The van der Waals surface area contributed by atoms with Gasteiger partial charge in [0.05, 0.1) is 10.6 Å². The Bertz CT molecular complexity index is 484. The number of aromatic nitrogens is 3. The Balaban J connectivity index is 2.53. The van der Waals surface area contributed by atoms with E-state index in [4.69, 9.17) is 5.73 Å². The lowest BCUT2D eigenvalue weighted by molar-refractivity contribution is 0.946. The number of hydrogen-bond donors (Lipinski definition) is 2. The minimum Gasteiger partial charge on any atom is -0.390 e. The SMILES string of the molecule is CCc1nc(-c2c(N)sc(C)c2C)n[nH]1. The highest BCUT2D eigenvalue weighted by Crippen LogP contribution is 2.36. The molecule has 0 spiro atoms. The minimum atomic E-state index is 0.714. The van der Waals surface area contributed by atoms with Crippen LogP contribution in [0.1, 0.15) is 23.2 Å². The van der Waals surface area contributed by atoms with Crippen molar-refractivity contribution in [3.05, 3.63) is 16.3 Å². The van der Waals surface area contributed by atoms with Crippen molar-refractivity contribution in [2.24, 2.45) is 0 Å². The van der Waals surface area contributed by atoms with Crippen LogP contribution in [0.2, 0.25) is 0 Å². The molecule has 0 bridgehead atoms. The van der Waals surface area contributed by atoms with E-state index >= 15 is 0 Å². The van der Waals surface area contributed by atoms with E-state index in [1.807, 2.05) is 6.92 Å². The Morgan fingerprint density at radius 2 is 2.13 bits per heavy atom. The minimum absolute atomic E-state index is 0.714. The van der Waals surface area contributed by atoms with Gasteiger partial charge in [-0.15, -0.1) is 11.3 Å². The third-order valence-corrected chi connectivity index (χ3v) is 3.54. The predicted molar refractivity (Wildman–Crippen MR) is 63.0 cm³/mol. The molecule has 0 aliphatic carbocycles. The zero-order chi connectivity index (χ0) is 11.0. The lowest BCUT2D eigenvalue weighted by Crippen LogP contribution is -1.88. The number of nitrogens with zero attached hydrogens (tertiary/aromatic N) is 2. The lowest BCUT2D eigenvalue weighted by Gasteiger charge is -1.95. The number of aromatic amines is 1. The maximum Gasteiger partial charge on any atom is 0.184 e. The first-order chi connectivity index (χ1) is 7.13. The Morgan fingerprint density at radius 3 is 2.60 bits per heavy atom. The van der Waals surface area contributed by atoms with Crippen LogP contribution in [0.15, 0.2) is 0 Å². The van der Waals surface area contributed by atoms with Crippen LogP contribution in [0.4, 0.5) is 5.00 Å². The van der Waals surface area contributed by atoms with E-state index in [0.717, 1.165) is 22.8 Å². The molecule has 4 nitrogen and oxygen atoms in total. The fourth-order valence-electron chi connectivity index (χ4n) is 1.50. The average molecular weight is 222 g/mol. The Kier molecular flexibility index (Phi) is 2.48. The van der Waals surface area contributed by atoms with Gasteiger partial charge in [-0.2, -0.15) is 5.10 Å². The summed E-state index contributed by atoms with van der Waals surface area (Å²) in [5.41, 5.74) is 8.11. The van der Waals surface area contributed by atoms with Crippen LogP contribution in [0.25, 0.3) is 11.4 Å². The molecule has 0 radical (unpaired) electrons. The molecule has 0 saturated carbocycles. The van der Waals surface area contributed by atoms with Gasteiger partial charge >= 0.3 is 0 Å². The normalized spacial score (nSPS) is 10.9. The summed E-state index contributed by atoms with van der Waals surface area (Å²) in [6.07, 6.45) is 0.856. The van der Waals surface area contributed by atoms with E-state index < -0.39 is 0 Å². The molecule has 0 saturated heterocycles. The van der Waals surface area contributed by atoms with Crippen LogP contribution in [-0.4, -0.2) is 15.2 Å². The van der Waals surface area contributed by atoms with Gasteiger partial charge in [0, 0.05) is 11.3 Å². The zero-order valence-electron chi connectivity index (χ0n) is 9.09. The van der Waals surface area contributed by atoms with Crippen molar-refractivity contribution in [1.82, 2.24) is 15.2 Å². The van der Waals surface area contributed by atoms with Gasteiger partial charge in [0.15, 0.2) is 5.82 Å². The van der Waals surface area contributed by atoms with Crippen LogP contribution in [-0.2, 0) is 6.42 Å². The van der Waals surface area contributed by atoms with Gasteiger partial charge < -0.3 is 5.73 Å². The number of nitrogens with one attached hydrogen (secondary N) is 1. The lowest BCUT2D eigenvalue weighted by atomic mass is 10.1. The largest absolute Gasteiger partial charge is 0.390 e. The van der Waals surface area contributed by atoms with E-state index in [-0.39, 0.29) is 0 Å². The fraction of sp³-hybridized carbons (Fsp3) is 0.400. The van der Waals surface area contributed by atoms with Crippen LogP contribution in [0.3, 0.4) is 0 Å². The highest BCUT2D eigenvalue weighted by Gasteiger charge is 2.15. The number of anilines is 1. The molecule has 0 unspecified atom stereocenters. The molecular formula is C10H14N4S. The molecule has 2 rings (SSSR count). The second kappa shape index (κ2) is 3.66. The highest BCUT2D eigenvalue weighted by atomic mass is 32.1. The van der Waals surface area contributed by atoms with E-state index in [2.05, 4.69) is 29.0 Å². The number of hydrogen-bond acceptors (Lipinski definition) is 4. The monoisotopic (exact) mass is 222 g/mol. The molecule has 2 heterocycles. The van der Waals surface area contributed by atoms with Gasteiger partial charge in [0.2, 0.25) is 0 Å². The second-order valence-electron chi connectivity index (χ2n) is 3.48. The summed E-state index contributed by atoms with van der Waals surface area (Å²) >= 11 is 1.59. The molecule has 0 atom stereocenters. The molecule has 0 amide bonds. The summed E-state index contributed by atoms with van der Waals surface area (Å²) in [5, 5.41) is 7.89. The molecule has 0 aliphatic heterocycles. The van der Waals surface area contributed by atoms with Crippen molar-refractivity contribution < 1.29 is 0 Å². The van der Waals surface area contributed by atoms with Crippen molar-refractivity contribution in [2.45, 2.75) is 27.2 Å². The Labute approximate surface area is 92.5 Å². The molecule has 3 N–H and O–H groups in total. The quantitative estimate of drug-likeness (QED) is 0.819. The first-order valence-corrected chi connectivity index (χ1v) is 5.72. The fourth-order valence-corrected chi connectivity index (χ4v) is 2.43. The van der Waals surface area contributed by atoms with E-state index in [9.17, 15) is 0 Å². The van der Waals surface area contributed by atoms with Crippen molar-refractivity contribution in [3.8, 4) is 11.4 Å². The van der Waals surface area contributed by atoms with Gasteiger partial charge in [-0.1, -0.05) is 6.92 Å². The number of thiophene rings is 1. The van der Waals surface area contributed by atoms with Crippen molar-refractivity contribution >= 4 is 16.3 Å². The first-order valence-electron chi connectivity index (χ1n) is 4.90. The molecule has 0 fully saturated rings. The predicted octanol–water partition coefficient (Wildman–Crippen LogP) is 2.29. The maximum atomic E-state index is 5.95.